The summed E-state index contributed by atoms with van der Waals surface area (Å²) in [4.78, 5) is 10.9. The van der Waals surface area contributed by atoms with E-state index in [9.17, 15) is 5.11 Å². The third kappa shape index (κ3) is 2.42. The average Bonchev–Trinajstić information content (AvgIpc) is 2.97. The molecule has 3 rings (SSSR count). The number of rotatable bonds is 4. The van der Waals surface area contributed by atoms with Crippen molar-refractivity contribution in [2.45, 2.75) is 26.4 Å². The molecule has 6 heteroatoms. The Balaban J connectivity index is 2.16. The topological polar surface area (TPSA) is 66.6 Å². The molecule has 22 heavy (non-hydrogen) atoms. The number of hydrogen-bond donors (Lipinski definition) is 1. The van der Waals surface area contributed by atoms with Crippen LogP contribution in [0.1, 0.15) is 30.8 Å². The molecular weight excluding hydrogens is 278 g/mol. The monoisotopic (exact) mass is 297 g/mol. The zero-order valence-electron chi connectivity index (χ0n) is 12.9. The van der Waals surface area contributed by atoms with Crippen molar-refractivity contribution >= 4 is 17.3 Å². The lowest BCUT2D eigenvalue weighted by molar-refractivity contribution is 0.175. The molecule has 0 saturated heterocycles. The fourth-order valence-corrected chi connectivity index (χ4v) is 2.42. The number of aromatic nitrogens is 4. The molecule has 1 aromatic carbocycles. The third-order valence-corrected chi connectivity index (χ3v) is 3.68. The van der Waals surface area contributed by atoms with Gasteiger partial charge in [0.2, 0.25) is 5.95 Å². The first-order chi connectivity index (χ1) is 10.6. The highest BCUT2D eigenvalue weighted by atomic mass is 16.3. The van der Waals surface area contributed by atoms with E-state index >= 15 is 0 Å². The second-order valence-corrected chi connectivity index (χ2v) is 5.22. The molecule has 0 aliphatic carbocycles. The molecule has 114 valence electrons. The van der Waals surface area contributed by atoms with E-state index < -0.39 is 6.10 Å². The highest BCUT2D eigenvalue weighted by Crippen LogP contribution is 2.26. The first-order valence-electron chi connectivity index (χ1n) is 7.31. The maximum absolute atomic E-state index is 10.1. The summed E-state index contributed by atoms with van der Waals surface area (Å²) in [5, 5.41) is 14.5. The molecular formula is C16H19N5O. The lowest BCUT2D eigenvalue weighted by Crippen LogP contribution is -2.17. The fraction of sp³-hybridized carbons (Fsp3) is 0.312. The van der Waals surface area contributed by atoms with E-state index in [-0.39, 0.29) is 0 Å². The summed E-state index contributed by atoms with van der Waals surface area (Å²) in [5.41, 5.74) is 2.39. The summed E-state index contributed by atoms with van der Waals surface area (Å²) < 4.78 is 1.67. The van der Waals surface area contributed by atoms with Crippen LogP contribution in [0.5, 0.6) is 0 Å². The first kappa shape index (κ1) is 14.5. The first-order valence-corrected chi connectivity index (χ1v) is 7.31. The van der Waals surface area contributed by atoms with Gasteiger partial charge in [0.05, 0.1) is 12.3 Å². The number of aryl methyl sites for hydroxylation is 1. The van der Waals surface area contributed by atoms with Crippen molar-refractivity contribution < 1.29 is 5.11 Å². The van der Waals surface area contributed by atoms with Gasteiger partial charge in [-0.3, -0.25) is 0 Å². The SMILES string of the molecule is CCC(O)c1cnn2c(N(C)c3ccccc3)nc(C)nc12. The summed E-state index contributed by atoms with van der Waals surface area (Å²) in [6.07, 6.45) is 1.72. The Hall–Kier alpha value is -2.47. The second-order valence-electron chi connectivity index (χ2n) is 5.22. The minimum absolute atomic E-state index is 0.568. The maximum Gasteiger partial charge on any atom is 0.234 e. The quantitative estimate of drug-likeness (QED) is 0.802. The molecule has 0 radical (unpaired) electrons. The predicted molar refractivity (Wildman–Crippen MR) is 85.3 cm³/mol. The van der Waals surface area contributed by atoms with Crippen molar-refractivity contribution in [3.63, 3.8) is 0 Å². The number of benzene rings is 1. The van der Waals surface area contributed by atoms with Gasteiger partial charge in [-0.2, -0.15) is 14.6 Å². The minimum atomic E-state index is -0.568. The van der Waals surface area contributed by atoms with Crippen molar-refractivity contribution in [3.8, 4) is 0 Å². The molecule has 1 N–H and O–H groups in total. The third-order valence-electron chi connectivity index (χ3n) is 3.68. The molecule has 6 nitrogen and oxygen atoms in total. The Labute approximate surface area is 129 Å². The smallest absolute Gasteiger partial charge is 0.234 e. The Morgan fingerprint density at radius 2 is 1.95 bits per heavy atom. The van der Waals surface area contributed by atoms with E-state index in [1.807, 2.05) is 56.1 Å². The molecule has 0 spiro atoms. The van der Waals surface area contributed by atoms with Gasteiger partial charge >= 0.3 is 0 Å². The van der Waals surface area contributed by atoms with Crippen LogP contribution in [0.15, 0.2) is 36.5 Å². The molecule has 3 aromatic rings. The Kier molecular flexibility index (Phi) is 3.77. The summed E-state index contributed by atoms with van der Waals surface area (Å²) in [6.45, 7) is 3.77. The average molecular weight is 297 g/mol. The van der Waals surface area contributed by atoms with Gasteiger partial charge in [-0.15, -0.1) is 0 Å². The van der Waals surface area contributed by atoms with E-state index in [2.05, 4.69) is 15.1 Å². The molecule has 2 aromatic heterocycles. The minimum Gasteiger partial charge on any atom is -0.388 e. The number of aliphatic hydroxyl groups is 1. The van der Waals surface area contributed by atoms with Gasteiger partial charge in [0, 0.05) is 18.3 Å². The van der Waals surface area contributed by atoms with Gasteiger partial charge in [0.25, 0.3) is 0 Å². The van der Waals surface area contributed by atoms with Gasteiger partial charge in [-0.1, -0.05) is 25.1 Å². The van der Waals surface area contributed by atoms with Gasteiger partial charge in [-0.05, 0) is 25.5 Å². The van der Waals surface area contributed by atoms with Crippen LogP contribution in [-0.4, -0.2) is 31.7 Å². The number of aliphatic hydroxyl groups excluding tert-OH is 1. The van der Waals surface area contributed by atoms with Crippen LogP contribution in [0.2, 0.25) is 0 Å². The van der Waals surface area contributed by atoms with Gasteiger partial charge < -0.3 is 10.0 Å². The molecule has 0 saturated carbocycles. The molecule has 2 heterocycles. The highest BCUT2D eigenvalue weighted by molar-refractivity contribution is 5.60. The van der Waals surface area contributed by atoms with Crippen LogP contribution in [0.3, 0.4) is 0 Å². The standard InChI is InChI=1S/C16H19N5O/c1-4-14(22)13-10-17-21-15(13)18-11(2)19-16(21)20(3)12-8-6-5-7-9-12/h5-10,14,22H,4H2,1-3H3. The second kappa shape index (κ2) is 5.73. The van der Waals surface area contributed by atoms with Gasteiger partial charge in [-0.25, -0.2) is 4.98 Å². The van der Waals surface area contributed by atoms with Crippen molar-refractivity contribution in [2.24, 2.45) is 0 Å². The molecule has 0 fully saturated rings. The molecule has 0 aliphatic rings. The van der Waals surface area contributed by atoms with Crippen LogP contribution in [0, 0.1) is 6.92 Å². The number of nitrogens with zero attached hydrogens (tertiary/aromatic N) is 5. The van der Waals surface area contributed by atoms with Crippen molar-refractivity contribution in [2.75, 3.05) is 11.9 Å². The summed E-state index contributed by atoms with van der Waals surface area (Å²) >= 11 is 0. The normalized spacial score (nSPS) is 12.5. The molecule has 0 aliphatic heterocycles. The molecule has 0 bridgehead atoms. The number of anilines is 2. The lowest BCUT2D eigenvalue weighted by atomic mass is 10.1. The Morgan fingerprint density at radius 1 is 1.23 bits per heavy atom. The van der Waals surface area contributed by atoms with E-state index in [4.69, 9.17) is 0 Å². The Morgan fingerprint density at radius 3 is 2.64 bits per heavy atom. The van der Waals surface area contributed by atoms with Crippen LogP contribution in [0.25, 0.3) is 5.65 Å². The fourth-order valence-electron chi connectivity index (χ4n) is 2.42. The van der Waals surface area contributed by atoms with E-state index in [1.165, 1.54) is 0 Å². The number of hydrogen-bond acceptors (Lipinski definition) is 5. The van der Waals surface area contributed by atoms with E-state index in [0.29, 0.717) is 23.8 Å². The Bertz CT molecular complexity index is 784. The van der Waals surface area contributed by atoms with E-state index in [0.717, 1.165) is 11.3 Å². The largest absolute Gasteiger partial charge is 0.388 e. The zero-order chi connectivity index (χ0) is 15.7. The lowest BCUT2D eigenvalue weighted by Gasteiger charge is -2.19. The summed E-state index contributed by atoms with van der Waals surface area (Å²) in [7, 11) is 1.94. The summed E-state index contributed by atoms with van der Waals surface area (Å²) in [6, 6.07) is 9.95. The summed E-state index contributed by atoms with van der Waals surface area (Å²) in [5.74, 6) is 1.32. The predicted octanol–water partition coefficient (Wildman–Crippen LogP) is 2.64. The molecule has 1 atom stereocenters. The van der Waals surface area contributed by atoms with Crippen LogP contribution >= 0.6 is 0 Å². The highest BCUT2D eigenvalue weighted by Gasteiger charge is 2.18. The van der Waals surface area contributed by atoms with Crippen molar-refractivity contribution in [1.29, 1.82) is 0 Å². The van der Waals surface area contributed by atoms with Crippen LogP contribution < -0.4 is 4.90 Å². The number of para-hydroxylation sites is 1. The molecule has 1 unspecified atom stereocenters. The zero-order valence-corrected chi connectivity index (χ0v) is 12.9. The van der Waals surface area contributed by atoms with Gasteiger partial charge in [0.1, 0.15) is 5.82 Å². The van der Waals surface area contributed by atoms with Crippen LogP contribution in [-0.2, 0) is 0 Å². The van der Waals surface area contributed by atoms with Gasteiger partial charge in [0.15, 0.2) is 5.65 Å². The van der Waals surface area contributed by atoms with Crippen molar-refractivity contribution in [3.05, 3.63) is 47.9 Å². The number of fused-ring (bicyclic) bond motifs is 1. The molecule has 0 amide bonds. The maximum atomic E-state index is 10.1. The van der Waals surface area contributed by atoms with E-state index in [1.54, 1.807) is 10.7 Å². The van der Waals surface area contributed by atoms with Crippen molar-refractivity contribution in [1.82, 2.24) is 19.6 Å². The van der Waals surface area contributed by atoms with Crippen LogP contribution in [0.4, 0.5) is 11.6 Å².